The molecule has 1 heterocycles. The molecule has 0 spiro atoms. The first-order valence-electron chi connectivity index (χ1n) is 7.81. The molecule has 1 aromatic heterocycles. The van der Waals surface area contributed by atoms with Gasteiger partial charge in [0.1, 0.15) is 0 Å². The van der Waals surface area contributed by atoms with Crippen molar-refractivity contribution < 1.29 is 8.42 Å². The standard InChI is InChI=1S/C17H25N3O2S/c1-13(16-8-6-5-7-9-16)12-23(21,22)18-11-10-17-14(2)19-20(4)15(17)3/h5-9,13,18H,10-12H2,1-4H3/t13-/m0/s1. The Morgan fingerprint density at radius 1 is 1.22 bits per heavy atom. The van der Waals surface area contributed by atoms with Gasteiger partial charge in [0.25, 0.3) is 0 Å². The number of benzene rings is 1. The van der Waals surface area contributed by atoms with Crippen molar-refractivity contribution in [3.63, 3.8) is 0 Å². The largest absolute Gasteiger partial charge is 0.272 e. The van der Waals surface area contributed by atoms with Crippen LogP contribution in [0.1, 0.15) is 35.4 Å². The molecular weight excluding hydrogens is 310 g/mol. The molecule has 5 nitrogen and oxygen atoms in total. The number of sulfonamides is 1. The van der Waals surface area contributed by atoms with E-state index < -0.39 is 10.0 Å². The molecular formula is C17H25N3O2S. The molecule has 0 aliphatic carbocycles. The summed E-state index contributed by atoms with van der Waals surface area (Å²) in [6.45, 7) is 6.29. The second-order valence-electron chi connectivity index (χ2n) is 6.01. The van der Waals surface area contributed by atoms with Crippen LogP contribution in [0.15, 0.2) is 30.3 Å². The highest BCUT2D eigenvalue weighted by atomic mass is 32.2. The van der Waals surface area contributed by atoms with Crippen molar-refractivity contribution in [2.45, 2.75) is 33.1 Å². The number of nitrogens with one attached hydrogen (secondary N) is 1. The van der Waals surface area contributed by atoms with Crippen LogP contribution in [0.25, 0.3) is 0 Å². The summed E-state index contributed by atoms with van der Waals surface area (Å²) in [5.74, 6) is 0.0673. The number of nitrogens with zero attached hydrogens (tertiary/aromatic N) is 2. The van der Waals surface area contributed by atoms with Gasteiger partial charge < -0.3 is 0 Å². The van der Waals surface area contributed by atoms with Crippen LogP contribution in [0.4, 0.5) is 0 Å². The van der Waals surface area contributed by atoms with Gasteiger partial charge in [0, 0.05) is 19.3 Å². The molecule has 1 N–H and O–H groups in total. The van der Waals surface area contributed by atoms with Crippen LogP contribution in [0, 0.1) is 13.8 Å². The quantitative estimate of drug-likeness (QED) is 0.844. The topological polar surface area (TPSA) is 64.0 Å². The van der Waals surface area contributed by atoms with E-state index in [1.165, 1.54) is 0 Å². The molecule has 0 aliphatic rings. The lowest BCUT2D eigenvalue weighted by molar-refractivity contribution is 0.576. The zero-order valence-corrected chi connectivity index (χ0v) is 15.0. The average Bonchev–Trinajstić information content (AvgIpc) is 2.74. The maximum absolute atomic E-state index is 12.2. The van der Waals surface area contributed by atoms with E-state index in [0.29, 0.717) is 13.0 Å². The van der Waals surface area contributed by atoms with E-state index in [4.69, 9.17) is 0 Å². The zero-order chi connectivity index (χ0) is 17.0. The molecule has 126 valence electrons. The third kappa shape index (κ3) is 4.65. The summed E-state index contributed by atoms with van der Waals surface area (Å²) in [7, 11) is -1.39. The fourth-order valence-corrected chi connectivity index (χ4v) is 4.16. The van der Waals surface area contributed by atoms with Gasteiger partial charge in [-0.3, -0.25) is 4.68 Å². The molecule has 0 saturated carbocycles. The molecule has 23 heavy (non-hydrogen) atoms. The van der Waals surface area contributed by atoms with Crippen LogP contribution in [0.3, 0.4) is 0 Å². The second-order valence-corrected chi connectivity index (χ2v) is 7.86. The summed E-state index contributed by atoms with van der Waals surface area (Å²) in [5, 5.41) is 4.35. The summed E-state index contributed by atoms with van der Waals surface area (Å²) in [5.41, 5.74) is 4.20. The molecule has 0 fully saturated rings. The van der Waals surface area contributed by atoms with E-state index in [9.17, 15) is 8.42 Å². The highest BCUT2D eigenvalue weighted by Gasteiger charge is 2.17. The highest BCUT2D eigenvalue weighted by Crippen LogP contribution is 2.16. The van der Waals surface area contributed by atoms with Gasteiger partial charge in [0.15, 0.2) is 0 Å². The van der Waals surface area contributed by atoms with Gasteiger partial charge in [-0.15, -0.1) is 0 Å². The third-order valence-corrected chi connectivity index (χ3v) is 5.78. The summed E-state index contributed by atoms with van der Waals surface area (Å²) >= 11 is 0. The predicted octanol–water partition coefficient (Wildman–Crippen LogP) is 2.30. The summed E-state index contributed by atoms with van der Waals surface area (Å²) in [6, 6.07) is 9.71. The van der Waals surface area contributed by atoms with E-state index in [1.807, 2.05) is 62.8 Å². The van der Waals surface area contributed by atoms with Crippen molar-refractivity contribution in [1.29, 1.82) is 0 Å². The summed E-state index contributed by atoms with van der Waals surface area (Å²) in [6.07, 6.45) is 0.657. The molecule has 0 amide bonds. The molecule has 0 aliphatic heterocycles. The van der Waals surface area contributed by atoms with Gasteiger partial charge in [-0.2, -0.15) is 5.10 Å². The lowest BCUT2D eigenvalue weighted by atomic mass is 10.0. The van der Waals surface area contributed by atoms with Crippen molar-refractivity contribution in [2.24, 2.45) is 7.05 Å². The van der Waals surface area contributed by atoms with Gasteiger partial charge in [0.05, 0.1) is 11.4 Å². The Balaban J connectivity index is 1.92. The Labute approximate surface area is 138 Å². The van der Waals surface area contributed by atoms with Crippen molar-refractivity contribution in [3.8, 4) is 0 Å². The van der Waals surface area contributed by atoms with Crippen molar-refractivity contribution in [1.82, 2.24) is 14.5 Å². The van der Waals surface area contributed by atoms with Crippen molar-refractivity contribution >= 4 is 10.0 Å². The van der Waals surface area contributed by atoms with Crippen LogP contribution in [0.5, 0.6) is 0 Å². The lowest BCUT2D eigenvalue weighted by Crippen LogP contribution is -2.30. The van der Waals surface area contributed by atoms with Gasteiger partial charge in [-0.1, -0.05) is 37.3 Å². The normalized spacial score (nSPS) is 13.2. The smallest absolute Gasteiger partial charge is 0.212 e. The SMILES string of the molecule is Cc1nn(C)c(C)c1CCNS(=O)(=O)C[C@H](C)c1ccccc1. The van der Waals surface area contributed by atoms with Gasteiger partial charge >= 0.3 is 0 Å². The molecule has 2 rings (SSSR count). The van der Waals surface area contributed by atoms with Gasteiger partial charge in [-0.25, -0.2) is 13.1 Å². The molecule has 6 heteroatoms. The van der Waals surface area contributed by atoms with Crippen LogP contribution >= 0.6 is 0 Å². The Hall–Kier alpha value is -1.66. The van der Waals surface area contributed by atoms with Crippen LogP contribution in [0.2, 0.25) is 0 Å². The summed E-state index contributed by atoms with van der Waals surface area (Å²) < 4.78 is 29.0. The minimum Gasteiger partial charge on any atom is -0.272 e. The maximum atomic E-state index is 12.2. The number of aryl methyl sites for hydroxylation is 2. The maximum Gasteiger partial charge on any atom is 0.212 e. The van der Waals surface area contributed by atoms with Crippen LogP contribution < -0.4 is 4.72 Å². The van der Waals surface area contributed by atoms with Crippen molar-refractivity contribution in [2.75, 3.05) is 12.3 Å². The fourth-order valence-electron chi connectivity index (χ4n) is 2.78. The Morgan fingerprint density at radius 3 is 2.43 bits per heavy atom. The van der Waals surface area contributed by atoms with Crippen molar-refractivity contribution in [3.05, 3.63) is 52.8 Å². The molecule has 1 aromatic carbocycles. The lowest BCUT2D eigenvalue weighted by Gasteiger charge is -2.13. The highest BCUT2D eigenvalue weighted by molar-refractivity contribution is 7.89. The Morgan fingerprint density at radius 2 is 1.87 bits per heavy atom. The molecule has 0 radical (unpaired) electrons. The first kappa shape index (κ1) is 17.7. The fraction of sp³-hybridized carbons (Fsp3) is 0.471. The molecule has 0 unspecified atom stereocenters. The Bertz CT molecular complexity index is 752. The molecule has 2 aromatic rings. The minimum absolute atomic E-state index is 0.0319. The second kappa shape index (κ2) is 7.27. The number of rotatable bonds is 7. The number of hydrogen-bond donors (Lipinski definition) is 1. The molecule has 0 bridgehead atoms. The van der Waals surface area contributed by atoms with E-state index in [1.54, 1.807) is 0 Å². The first-order valence-corrected chi connectivity index (χ1v) is 9.46. The van der Waals surface area contributed by atoms with Gasteiger partial charge in [0.2, 0.25) is 10.0 Å². The number of hydrogen-bond acceptors (Lipinski definition) is 3. The van der Waals surface area contributed by atoms with E-state index >= 15 is 0 Å². The monoisotopic (exact) mass is 335 g/mol. The van der Waals surface area contributed by atoms with E-state index in [2.05, 4.69) is 9.82 Å². The minimum atomic E-state index is -3.30. The zero-order valence-electron chi connectivity index (χ0n) is 14.2. The van der Waals surface area contributed by atoms with Crippen LogP contribution in [-0.4, -0.2) is 30.5 Å². The van der Waals surface area contributed by atoms with E-state index in [-0.39, 0.29) is 11.7 Å². The van der Waals surface area contributed by atoms with E-state index in [0.717, 1.165) is 22.5 Å². The van der Waals surface area contributed by atoms with Crippen LogP contribution in [-0.2, 0) is 23.5 Å². The number of aromatic nitrogens is 2. The molecule has 1 atom stereocenters. The average molecular weight is 335 g/mol. The predicted molar refractivity (Wildman–Crippen MR) is 93.0 cm³/mol. The third-order valence-electron chi connectivity index (χ3n) is 4.19. The first-order chi connectivity index (χ1) is 10.8. The van der Waals surface area contributed by atoms with Gasteiger partial charge in [-0.05, 0) is 37.3 Å². The Kier molecular flexibility index (Phi) is 5.59. The summed E-state index contributed by atoms with van der Waals surface area (Å²) in [4.78, 5) is 0. The molecule has 0 saturated heterocycles.